The van der Waals surface area contributed by atoms with Gasteiger partial charge >= 0.3 is 0 Å². The number of rotatable bonds is 3. The highest BCUT2D eigenvalue weighted by molar-refractivity contribution is 5.85. The average Bonchev–Trinajstić information content (AvgIpc) is 2.56. The number of nitrogens with zero attached hydrogens (tertiary/aromatic N) is 2. The van der Waals surface area contributed by atoms with Crippen LogP contribution in [0.2, 0.25) is 0 Å². The van der Waals surface area contributed by atoms with Crippen LogP contribution in [0.4, 0.5) is 5.82 Å². The molecule has 0 unspecified atom stereocenters. The summed E-state index contributed by atoms with van der Waals surface area (Å²) in [5.74, 6) is 1.09. The van der Waals surface area contributed by atoms with Gasteiger partial charge in [-0.05, 0) is 38.8 Å². The highest BCUT2D eigenvalue weighted by Gasteiger charge is 2.30. The summed E-state index contributed by atoms with van der Waals surface area (Å²) in [6, 6.07) is 6.11. The van der Waals surface area contributed by atoms with Crippen molar-refractivity contribution in [1.82, 2.24) is 15.6 Å². The quantitative estimate of drug-likeness (QED) is 0.821. The zero-order valence-electron chi connectivity index (χ0n) is 14.7. The Hall–Kier alpha value is -1.08. The number of anilines is 1. The lowest BCUT2D eigenvalue weighted by atomic mass is 10.0. The van der Waals surface area contributed by atoms with Crippen LogP contribution < -0.4 is 15.5 Å². The minimum absolute atomic E-state index is 0. The Morgan fingerprint density at radius 2 is 2.04 bits per heavy atom. The highest BCUT2D eigenvalue weighted by atomic mass is 35.5. The van der Waals surface area contributed by atoms with Gasteiger partial charge in [0.1, 0.15) is 11.9 Å². The molecule has 25 heavy (non-hydrogen) atoms. The molecule has 0 bridgehead atoms. The molecule has 1 aromatic heterocycles. The lowest BCUT2D eigenvalue weighted by molar-refractivity contribution is -0.129. The largest absolute Gasteiger partial charge is 0.375 e. The van der Waals surface area contributed by atoms with Gasteiger partial charge in [0.15, 0.2) is 0 Å². The average molecular weight is 391 g/mol. The van der Waals surface area contributed by atoms with Crippen molar-refractivity contribution >= 4 is 36.5 Å². The number of aromatic nitrogens is 1. The fourth-order valence-electron chi connectivity index (χ4n) is 3.28. The van der Waals surface area contributed by atoms with Gasteiger partial charge in [0.2, 0.25) is 5.91 Å². The van der Waals surface area contributed by atoms with Crippen molar-refractivity contribution in [3.05, 3.63) is 23.9 Å². The molecule has 1 amide bonds. The molecule has 2 N–H and O–H groups in total. The van der Waals surface area contributed by atoms with Crippen molar-refractivity contribution in [1.29, 1.82) is 0 Å². The van der Waals surface area contributed by atoms with Crippen molar-refractivity contribution in [3.63, 3.8) is 0 Å². The third kappa shape index (κ3) is 5.71. The number of aryl methyl sites for hydroxylation is 1. The van der Waals surface area contributed by atoms with Gasteiger partial charge < -0.3 is 20.3 Å². The Kier molecular flexibility index (Phi) is 8.93. The maximum absolute atomic E-state index is 12.4. The molecule has 2 aliphatic heterocycles. The van der Waals surface area contributed by atoms with E-state index in [2.05, 4.69) is 26.6 Å². The summed E-state index contributed by atoms with van der Waals surface area (Å²) < 4.78 is 5.55. The normalized spacial score (nSPS) is 24.0. The van der Waals surface area contributed by atoms with E-state index in [4.69, 9.17) is 4.74 Å². The van der Waals surface area contributed by atoms with Crippen molar-refractivity contribution in [2.75, 3.05) is 31.1 Å². The molecule has 2 saturated heterocycles. The molecular formula is C17H28Cl2N4O2. The Balaban J connectivity index is 0.00000156. The second kappa shape index (κ2) is 10.2. The predicted octanol–water partition coefficient (Wildman–Crippen LogP) is 1.70. The van der Waals surface area contributed by atoms with Crippen LogP contribution in [0.3, 0.4) is 0 Å². The van der Waals surface area contributed by atoms with Crippen molar-refractivity contribution in [3.8, 4) is 0 Å². The van der Waals surface area contributed by atoms with E-state index in [9.17, 15) is 4.79 Å². The number of hydrogen-bond donors (Lipinski definition) is 2. The van der Waals surface area contributed by atoms with E-state index >= 15 is 0 Å². The lowest BCUT2D eigenvalue weighted by Gasteiger charge is -2.35. The zero-order chi connectivity index (χ0) is 16.2. The Morgan fingerprint density at radius 3 is 2.68 bits per heavy atom. The Morgan fingerprint density at radius 1 is 1.32 bits per heavy atom. The number of piperidine rings is 1. The summed E-state index contributed by atoms with van der Waals surface area (Å²) in [4.78, 5) is 19.3. The third-order valence-electron chi connectivity index (χ3n) is 4.64. The minimum Gasteiger partial charge on any atom is -0.375 e. The molecule has 8 heteroatoms. The number of pyridine rings is 1. The smallest absolute Gasteiger partial charge is 0.240 e. The van der Waals surface area contributed by atoms with Gasteiger partial charge in [-0.25, -0.2) is 4.98 Å². The van der Waals surface area contributed by atoms with Gasteiger partial charge in [-0.3, -0.25) is 4.79 Å². The van der Waals surface area contributed by atoms with Gasteiger partial charge in [0.25, 0.3) is 0 Å². The van der Waals surface area contributed by atoms with Crippen LogP contribution in [-0.2, 0) is 9.53 Å². The van der Waals surface area contributed by atoms with Gasteiger partial charge in [0, 0.05) is 31.4 Å². The zero-order valence-corrected chi connectivity index (χ0v) is 16.4. The summed E-state index contributed by atoms with van der Waals surface area (Å²) in [7, 11) is 0. The third-order valence-corrected chi connectivity index (χ3v) is 4.64. The number of amides is 1. The molecule has 3 heterocycles. The van der Waals surface area contributed by atoms with E-state index in [1.165, 1.54) is 0 Å². The maximum atomic E-state index is 12.4. The topological polar surface area (TPSA) is 66.5 Å². The van der Waals surface area contributed by atoms with Crippen molar-refractivity contribution < 1.29 is 9.53 Å². The van der Waals surface area contributed by atoms with E-state index in [0.717, 1.165) is 44.0 Å². The molecule has 2 atom stereocenters. The van der Waals surface area contributed by atoms with Crippen LogP contribution >= 0.6 is 24.8 Å². The minimum atomic E-state index is -0.236. The molecule has 0 aromatic carbocycles. The molecule has 2 fully saturated rings. The van der Waals surface area contributed by atoms with E-state index in [1.807, 2.05) is 26.0 Å². The maximum Gasteiger partial charge on any atom is 0.240 e. The van der Waals surface area contributed by atoms with Crippen molar-refractivity contribution in [2.45, 2.75) is 44.9 Å². The summed E-state index contributed by atoms with van der Waals surface area (Å²) in [5, 5.41) is 6.42. The van der Waals surface area contributed by atoms with Crippen LogP contribution in [0, 0.1) is 6.92 Å². The van der Waals surface area contributed by atoms with E-state index in [-0.39, 0.29) is 48.9 Å². The number of carbonyl (C=O) groups excluding carboxylic acids is 1. The first-order valence-corrected chi connectivity index (χ1v) is 8.47. The number of halogens is 2. The Bertz CT molecular complexity index is 553. The molecule has 142 valence electrons. The number of nitrogens with one attached hydrogen (secondary N) is 2. The van der Waals surface area contributed by atoms with E-state index in [1.54, 1.807) is 0 Å². The number of carbonyl (C=O) groups is 1. The molecule has 6 nitrogen and oxygen atoms in total. The second-order valence-electron chi connectivity index (χ2n) is 6.41. The van der Waals surface area contributed by atoms with E-state index in [0.29, 0.717) is 6.61 Å². The van der Waals surface area contributed by atoms with Crippen LogP contribution in [-0.4, -0.2) is 55.3 Å². The predicted molar refractivity (Wildman–Crippen MR) is 104 cm³/mol. The fraction of sp³-hybridized carbons (Fsp3) is 0.647. The summed E-state index contributed by atoms with van der Waals surface area (Å²) in [6.45, 7) is 7.21. The first-order valence-electron chi connectivity index (χ1n) is 8.47. The van der Waals surface area contributed by atoms with Gasteiger partial charge in [-0.2, -0.15) is 0 Å². The fourth-order valence-corrected chi connectivity index (χ4v) is 3.28. The monoisotopic (exact) mass is 390 g/mol. The molecule has 0 aliphatic carbocycles. The molecule has 3 rings (SSSR count). The van der Waals surface area contributed by atoms with Gasteiger partial charge in [-0.15, -0.1) is 24.8 Å². The number of ether oxygens (including phenoxy) is 1. The lowest BCUT2D eigenvalue weighted by Crippen LogP contribution is -2.58. The summed E-state index contributed by atoms with van der Waals surface area (Å²) in [5.41, 5.74) is 1.04. The van der Waals surface area contributed by atoms with Crippen LogP contribution in [0.25, 0.3) is 0 Å². The second-order valence-corrected chi connectivity index (χ2v) is 6.41. The van der Waals surface area contributed by atoms with Crippen molar-refractivity contribution in [2.24, 2.45) is 0 Å². The molecule has 2 aliphatic rings. The molecule has 1 aromatic rings. The van der Waals surface area contributed by atoms with Crippen LogP contribution in [0.1, 0.15) is 25.5 Å². The molecule has 0 spiro atoms. The standard InChI is InChI=1S/C17H26N4O2.2ClH/c1-12-4-3-5-15(19-12)21-9-6-14(7-10-21)20-17(22)16-13(2)23-11-8-18-16;;/h3-5,13-14,16,18H,6-11H2,1-2H3,(H,20,22);2*1H/t13-,16+;;/m1../s1. The van der Waals surface area contributed by atoms with E-state index < -0.39 is 0 Å². The molecule has 0 radical (unpaired) electrons. The highest BCUT2D eigenvalue weighted by Crippen LogP contribution is 2.18. The van der Waals surface area contributed by atoms with Crippen LogP contribution in [0.15, 0.2) is 18.2 Å². The number of hydrogen-bond acceptors (Lipinski definition) is 5. The first kappa shape index (κ1) is 22.0. The summed E-state index contributed by atoms with van der Waals surface area (Å²) in [6.07, 6.45) is 1.83. The molecule has 0 saturated carbocycles. The van der Waals surface area contributed by atoms with Gasteiger partial charge in [0.05, 0.1) is 12.7 Å². The summed E-state index contributed by atoms with van der Waals surface area (Å²) >= 11 is 0. The Labute approximate surface area is 161 Å². The molecular weight excluding hydrogens is 363 g/mol. The first-order chi connectivity index (χ1) is 11.1. The number of morpholine rings is 1. The van der Waals surface area contributed by atoms with Gasteiger partial charge in [-0.1, -0.05) is 6.07 Å². The van der Waals surface area contributed by atoms with Crippen LogP contribution in [0.5, 0.6) is 0 Å². The SMILES string of the molecule is Cc1cccc(N2CCC(NC(=O)[C@H]3NCCO[C@@H]3C)CC2)n1.Cl.Cl.